The highest BCUT2D eigenvalue weighted by atomic mass is 32.2. The SMILES string of the molecule is CCNC(=NCC1(CS(C)(=O)=O)CC1)NCC(O)c1ccc(C(C)(C)C)cc1. The summed E-state index contributed by atoms with van der Waals surface area (Å²) in [5, 5.41) is 16.8. The third kappa shape index (κ3) is 7.09. The molecular formula is C21H35N3O3S. The molecule has 28 heavy (non-hydrogen) atoms. The second-order valence-corrected chi connectivity index (χ2v) is 11.2. The van der Waals surface area contributed by atoms with Gasteiger partial charge in [0.25, 0.3) is 0 Å². The number of sulfone groups is 1. The van der Waals surface area contributed by atoms with E-state index >= 15 is 0 Å². The average Bonchev–Trinajstić information content (AvgIpc) is 3.34. The normalized spacial score (nSPS) is 17.9. The molecule has 0 saturated heterocycles. The number of aliphatic hydroxyl groups excluding tert-OH is 1. The molecule has 7 heteroatoms. The summed E-state index contributed by atoms with van der Waals surface area (Å²) in [5.74, 6) is 0.790. The van der Waals surface area contributed by atoms with Crippen LogP contribution in [0.15, 0.2) is 29.3 Å². The van der Waals surface area contributed by atoms with E-state index in [-0.39, 0.29) is 16.6 Å². The number of rotatable bonds is 8. The lowest BCUT2D eigenvalue weighted by molar-refractivity contribution is 0.181. The number of aliphatic hydroxyl groups is 1. The highest BCUT2D eigenvalue weighted by Gasteiger charge is 2.45. The summed E-state index contributed by atoms with van der Waals surface area (Å²) in [7, 11) is -3.01. The van der Waals surface area contributed by atoms with Crippen LogP contribution in [-0.4, -0.2) is 51.1 Å². The van der Waals surface area contributed by atoms with Crippen LogP contribution in [0.2, 0.25) is 0 Å². The Hall–Kier alpha value is -1.60. The fourth-order valence-corrected chi connectivity index (χ4v) is 4.68. The highest BCUT2D eigenvalue weighted by molar-refractivity contribution is 7.90. The monoisotopic (exact) mass is 409 g/mol. The quantitative estimate of drug-likeness (QED) is 0.453. The molecule has 2 rings (SSSR count). The van der Waals surface area contributed by atoms with Gasteiger partial charge in [-0.1, -0.05) is 45.0 Å². The summed E-state index contributed by atoms with van der Waals surface area (Å²) in [4.78, 5) is 4.56. The van der Waals surface area contributed by atoms with Gasteiger partial charge < -0.3 is 15.7 Å². The van der Waals surface area contributed by atoms with E-state index in [1.807, 2.05) is 19.1 Å². The molecule has 1 unspecified atom stereocenters. The van der Waals surface area contributed by atoms with Gasteiger partial charge in [-0.3, -0.25) is 4.99 Å². The Kier molecular flexibility index (Phi) is 7.15. The second kappa shape index (κ2) is 8.82. The fraction of sp³-hybridized carbons (Fsp3) is 0.667. The van der Waals surface area contributed by atoms with E-state index in [9.17, 15) is 13.5 Å². The molecule has 158 valence electrons. The van der Waals surface area contributed by atoms with Gasteiger partial charge in [0.15, 0.2) is 5.96 Å². The van der Waals surface area contributed by atoms with Gasteiger partial charge in [0.05, 0.1) is 11.9 Å². The Morgan fingerprint density at radius 1 is 1.21 bits per heavy atom. The summed E-state index contributed by atoms with van der Waals surface area (Å²) in [6, 6.07) is 8.03. The van der Waals surface area contributed by atoms with E-state index in [0.717, 1.165) is 18.4 Å². The van der Waals surface area contributed by atoms with Crippen LogP contribution in [0.25, 0.3) is 0 Å². The van der Waals surface area contributed by atoms with Gasteiger partial charge in [-0.2, -0.15) is 0 Å². The minimum absolute atomic E-state index is 0.0807. The molecule has 0 aromatic heterocycles. The standard InChI is InChI=1S/C21H35N3O3S/c1-6-22-19(24-14-21(11-12-21)15-28(5,26)27)23-13-18(25)16-7-9-17(10-8-16)20(2,3)4/h7-10,18,25H,6,11-15H2,1-5H3,(H2,22,23,24). The molecule has 6 nitrogen and oxygen atoms in total. The molecule has 1 aromatic rings. The molecule has 1 aliphatic carbocycles. The predicted molar refractivity (Wildman–Crippen MR) is 115 cm³/mol. The predicted octanol–water partition coefficient (Wildman–Crippen LogP) is 2.40. The molecule has 1 aromatic carbocycles. The van der Waals surface area contributed by atoms with Gasteiger partial charge >= 0.3 is 0 Å². The Morgan fingerprint density at radius 2 is 1.82 bits per heavy atom. The van der Waals surface area contributed by atoms with Crippen LogP contribution in [0, 0.1) is 5.41 Å². The maximum absolute atomic E-state index is 11.6. The van der Waals surface area contributed by atoms with Crippen LogP contribution in [0.5, 0.6) is 0 Å². The van der Waals surface area contributed by atoms with Gasteiger partial charge in [-0.05, 0) is 36.3 Å². The Morgan fingerprint density at radius 3 is 2.29 bits per heavy atom. The van der Waals surface area contributed by atoms with E-state index in [2.05, 4.69) is 48.5 Å². The molecule has 3 N–H and O–H groups in total. The third-order valence-electron chi connectivity index (χ3n) is 5.07. The number of benzene rings is 1. The van der Waals surface area contributed by atoms with Crippen LogP contribution in [-0.2, 0) is 15.3 Å². The van der Waals surface area contributed by atoms with Crippen molar-refractivity contribution in [2.75, 3.05) is 31.6 Å². The number of hydrogen-bond acceptors (Lipinski definition) is 4. The minimum Gasteiger partial charge on any atom is -0.387 e. The van der Waals surface area contributed by atoms with E-state index in [1.54, 1.807) is 0 Å². The lowest BCUT2D eigenvalue weighted by Crippen LogP contribution is -2.40. The first kappa shape index (κ1) is 22.7. The van der Waals surface area contributed by atoms with Crippen LogP contribution >= 0.6 is 0 Å². The second-order valence-electron chi connectivity index (χ2n) is 9.03. The zero-order chi connectivity index (χ0) is 21.0. The molecular weight excluding hydrogens is 374 g/mol. The number of nitrogens with zero attached hydrogens (tertiary/aromatic N) is 1. The molecule has 0 aliphatic heterocycles. The molecule has 1 atom stereocenters. The van der Waals surface area contributed by atoms with E-state index in [4.69, 9.17) is 0 Å². The van der Waals surface area contributed by atoms with Crippen molar-refractivity contribution in [3.63, 3.8) is 0 Å². The average molecular weight is 410 g/mol. The molecule has 0 radical (unpaired) electrons. The van der Waals surface area contributed by atoms with Gasteiger partial charge in [0.1, 0.15) is 9.84 Å². The number of nitrogens with one attached hydrogen (secondary N) is 2. The van der Waals surface area contributed by atoms with Crippen LogP contribution in [0.3, 0.4) is 0 Å². The fourth-order valence-electron chi connectivity index (χ4n) is 3.19. The first-order valence-corrected chi connectivity index (χ1v) is 12.0. The van der Waals surface area contributed by atoms with Crippen molar-refractivity contribution in [3.05, 3.63) is 35.4 Å². The van der Waals surface area contributed by atoms with Gasteiger partial charge in [0.2, 0.25) is 0 Å². The molecule has 1 saturated carbocycles. The Balaban J connectivity index is 1.95. The van der Waals surface area contributed by atoms with Crippen LogP contribution in [0.1, 0.15) is 57.8 Å². The zero-order valence-electron chi connectivity index (χ0n) is 17.7. The number of guanidine groups is 1. The number of aliphatic imine (C=N–C) groups is 1. The lowest BCUT2D eigenvalue weighted by Gasteiger charge is -2.20. The number of hydrogen-bond donors (Lipinski definition) is 3. The summed E-state index contributed by atoms with van der Waals surface area (Å²) >= 11 is 0. The van der Waals surface area contributed by atoms with Gasteiger partial charge in [-0.25, -0.2) is 8.42 Å². The molecule has 0 heterocycles. The Labute approximate surface area is 169 Å². The van der Waals surface area contributed by atoms with E-state index in [0.29, 0.717) is 25.6 Å². The van der Waals surface area contributed by atoms with Gasteiger partial charge in [-0.15, -0.1) is 0 Å². The molecule has 1 aliphatic rings. The van der Waals surface area contributed by atoms with Crippen molar-refractivity contribution in [2.24, 2.45) is 10.4 Å². The first-order chi connectivity index (χ1) is 12.9. The highest BCUT2D eigenvalue weighted by Crippen LogP contribution is 2.46. The largest absolute Gasteiger partial charge is 0.387 e. The topological polar surface area (TPSA) is 90.8 Å². The first-order valence-electron chi connectivity index (χ1n) is 9.93. The van der Waals surface area contributed by atoms with Crippen molar-refractivity contribution < 1.29 is 13.5 Å². The van der Waals surface area contributed by atoms with Crippen molar-refractivity contribution in [2.45, 2.75) is 52.1 Å². The van der Waals surface area contributed by atoms with Crippen molar-refractivity contribution in [1.29, 1.82) is 0 Å². The summed E-state index contributed by atoms with van der Waals surface area (Å²) < 4.78 is 23.2. The molecule has 1 fully saturated rings. The summed E-state index contributed by atoms with van der Waals surface area (Å²) in [6.45, 7) is 9.97. The third-order valence-corrected chi connectivity index (χ3v) is 6.20. The minimum atomic E-state index is -3.01. The molecule has 0 spiro atoms. The summed E-state index contributed by atoms with van der Waals surface area (Å²) in [5.41, 5.74) is 1.95. The van der Waals surface area contributed by atoms with Crippen molar-refractivity contribution in [3.8, 4) is 0 Å². The molecule has 0 bridgehead atoms. The van der Waals surface area contributed by atoms with Crippen LogP contribution in [0.4, 0.5) is 0 Å². The Bertz CT molecular complexity index is 776. The maximum Gasteiger partial charge on any atom is 0.191 e. The summed E-state index contributed by atoms with van der Waals surface area (Å²) in [6.07, 6.45) is 2.42. The smallest absolute Gasteiger partial charge is 0.191 e. The van der Waals surface area contributed by atoms with E-state index in [1.165, 1.54) is 11.8 Å². The molecule has 0 amide bonds. The lowest BCUT2D eigenvalue weighted by atomic mass is 9.86. The zero-order valence-corrected chi connectivity index (χ0v) is 18.6. The van der Waals surface area contributed by atoms with E-state index < -0.39 is 15.9 Å². The van der Waals surface area contributed by atoms with Crippen molar-refractivity contribution >= 4 is 15.8 Å². The van der Waals surface area contributed by atoms with Crippen LogP contribution < -0.4 is 10.6 Å². The maximum atomic E-state index is 11.6. The van der Waals surface area contributed by atoms with Crippen molar-refractivity contribution in [1.82, 2.24) is 10.6 Å². The van der Waals surface area contributed by atoms with Gasteiger partial charge in [0, 0.05) is 31.3 Å².